The van der Waals surface area contributed by atoms with Crippen molar-refractivity contribution in [3.63, 3.8) is 0 Å². The first-order valence-corrected chi connectivity index (χ1v) is 8.80. The highest BCUT2D eigenvalue weighted by Crippen LogP contribution is 2.17. The van der Waals surface area contributed by atoms with E-state index in [-0.39, 0.29) is 12.5 Å². The summed E-state index contributed by atoms with van der Waals surface area (Å²) >= 11 is 0. The number of anilines is 1. The maximum absolute atomic E-state index is 12.2. The lowest BCUT2D eigenvalue weighted by atomic mass is 10.0. The van der Waals surface area contributed by atoms with E-state index in [4.69, 9.17) is 4.74 Å². The van der Waals surface area contributed by atoms with Crippen LogP contribution in [0, 0.1) is 0 Å². The molecule has 0 bridgehead atoms. The predicted molar refractivity (Wildman–Crippen MR) is 103 cm³/mol. The fourth-order valence-electron chi connectivity index (χ4n) is 2.33. The van der Waals surface area contributed by atoms with E-state index in [1.54, 1.807) is 30.3 Å². The molecule has 6 nitrogen and oxygen atoms in total. The lowest BCUT2D eigenvalue weighted by molar-refractivity contribution is -0.152. The van der Waals surface area contributed by atoms with Crippen LogP contribution in [0.2, 0.25) is 0 Å². The van der Waals surface area contributed by atoms with E-state index in [2.05, 4.69) is 24.5 Å². The van der Waals surface area contributed by atoms with Crippen molar-refractivity contribution in [1.29, 1.82) is 0 Å². The van der Waals surface area contributed by atoms with Crippen molar-refractivity contribution in [2.75, 3.05) is 11.9 Å². The maximum Gasteiger partial charge on any atom is 0.326 e. The molecule has 0 aliphatic heterocycles. The number of nitrogens with one attached hydrogen (secondary N) is 2. The van der Waals surface area contributed by atoms with Crippen molar-refractivity contribution in [1.82, 2.24) is 5.32 Å². The van der Waals surface area contributed by atoms with Crippen molar-refractivity contribution in [2.24, 2.45) is 0 Å². The summed E-state index contributed by atoms with van der Waals surface area (Å²) < 4.78 is 5.07. The molecule has 0 unspecified atom stereocenters. The van der Waals surface area contributed by atoms with Crippen LogP contribution < -0.4 is 10.6 Å². The zero-order chi connectivity index (χ0) is 19.8. The first-order chi connectivity index (χ1) is 12.9. The average Bonchev–Trinajstić information content (AvgIpc) is 2.67. The molecule has 0 aliphatic rings. The Kier molecular flexibility index (Phi) is 7.11. The van der Waals surface area contributed by atoms with E-state index in [0.29, 0.717) is 17.2 Å². The number of carbonyl (C=O) groups is 3. The molecule has 6 heteroatoms. The molecule has 0 saturated carbocycles. The van der Waals surface area contributed by atoms with Crippen LogP contribution in [0.1, 0.15) is 42.6 Å². The van der Waals surface area contributed by atoms with Crippen LogP contribution in [0.15, 0.2) is 54.6 Å². The van der Waals surface area contributed by atoms with Crippen molar-refractivity contribution < 1.29 is 19.1 Å². The fraction of sp³-hybridized carbons (Fsp3) is 0.286. The standard InChI is InChI=1S/C21H24N2O4/c1-14(2)16-9-11-18(12-10-16)23-20(25)15(3)27-19(24)13-22-21(26)17-7-5-4-6-8-17/h4-12,14-15H,13H2,1-3H3,(H,22,26)(H,23,25)/t15-/m0/s1. The molecule has 27 heavy (non-hydrogen) atoms. The lowest BCUT2D eigenvalue weighted by Gasteiger charge is -2.14. The van der Waals surface area contributed by atoms with Gasteiger partial charge >= 0.3 is 5.97 Å². The van der Waals surface area contributed by atoms with Gasteiger partial charge in [-0.1, -0.05) is 44.2 Å². The highest BCUT2D eigenvalue weighted by atomic mass is 16.5. The molecule has 2 aromatic carbocycles. The van der Waals surface area contributed by atoms with Gasteiger partial charge in [0, 0.05) is 11.3 Å². The van der Waals surface area contributed by atoms with E-state index in [9.17, 15) is 14.4 Å². The zero-order valence-corrected chi connectivity index (χ0v) is 15.7. The minimum atomic E-state index is -0.976. The molecule has 0 spiro atoms. The second-order valence-corrected chi connectivity index (χ2v) is 6.45. The van der Waals surface area contributed by atoms with Gasteiger partial charge < -0.3 is 15.4 Å². The molecular weight excluding hydrogens is 344 g/mol. The Morgan fingerprint density at radius 2 is 1.56 bits per heavy atom. The Morgan fingerprint density at radius 1 is 0.926 bits per heavy atom. The molecule has 0 aliphatic carbocycles. The van der Waals surface area contributed by atoms with Gasteiger partial charge in [0.05, 0.1) is 0 Å². The third-order valence-electron chi connectivity index (χ3n) is 3.95. The number of rotatable bonds is 7. The average molecular weight is 368 g/mol. The largest absolute Gasteiger partial charge is 0.451 e. The van der Waals surface area contributed by atoms with Gasteiger partial charge in [-0.25, -0.2) is 0 Å². The Hall–Kier alpha value is -3.15. The first kappa shape index (κ1) is 20.2. The van der Waals surface area contributed by atoms with E-state index in [0.717, 1.165) is 0 Å². The fourth-order valence-corrected chi connectivity index (χ4v) is 2.33. The number of amides is 2. The summed E-state index contributed by atoms with van der Waals surface area (Å²) in [4.78, 5) is 35.9. The zero-order valence-electron chi connectivity index (χ0n) is 15.7. The van der Waals surface area contributed by atoms with Crippen LogP contribution >= 0.6 is 0 Å². The molecule has 2 N–H and O–H groups in total. The molecule has 0 radical (unpaired) electrons. The van der Waals surface area contributed by atoms with E-state index < -0.39 is 18.0 Å². The van der Waals surface area contributed by atoms with Gasteiger partial charge in [0.25, 0.3) is 11.8 Å². The van der Waals surface area contributed by atoms with Crippen LogP contribution in [-0.2, 0) is 14.3 Å². The molecule has 2 amide bonds. The smallest absolute Gasteiger partial charge is 0.326 e. The number of hydrogen-bond acceptors (Lipinski definition) is 4. The Balaban J connectivity index is 1.79. The van der Waals surface area contributed by atoms with Gasteiger partial charge in [-0.2, -0.15) is 0 Å². The van der Waals surface area contributed by atoms with Crippen LogP contribution in [0.4, 0.5) is 5.69 Å². The normalized spacial score (nSPS) is 11.6. The molecule has 0 heterocycles. The third-order valence-corrected chi connectivity index (χ3v) is 3.95. The van der Waals surface area contributed by atoms with Crippen molar-refractivity contribution in [2.45, 2.75) is 32.8 Å². The molecule has 2 rings (SSSR count). The SMILES string of the molecule is CC(C)c1ccc(NC(=O)[C@H](C)OC(=O)CNC(=O)c2ccccc2)cc1. The minimum absolute atomic E-state index is 0.311. The quantitative estimate of drug-likeness (QED) is 0.736. The second kappa shape index (κ2) is 9.52. The lowest BCUT2D eigenvalue weighted by Crippen LogP contribution is -2.35. The Bertz CT molecular complexity index is 786. The number of carbonyl (C=O) groups excluding carboxylic acids is 3. The highest BCUT2D eigenvalue weighted by Gasteiger charge is 2.18. The summed E-state index contributed by atoms with van der Waals surface area (Å²) in [6.45, 7) is 5.35. The molecule has 2 aromatic rings. The molecule has 0 fully saturated rings. The van der Waals surface area contributed by atoms with Crippen LogP contribution in [0.5, 0.6) is 0 Å². The molecular formula is C21H24N2O4. The molecule has 142 valence electrons. The van der Waals surface area contributed by atoms with Crippen LogP contribution in [0.25, 0.3) is 0 Å². The summed E-state index contributed by atoms with van der Waals surface area (Å²) in [6.07, 6.45) is -0.976. The van der Waals surface area contributed by atoms with E-state index >= 15 is 0 Å². The maximum atomic E-state index is 12.2. The van der Waals surface area contributed by atoms with Gasteiger partial charge in [-0.3, -0.25) is 14.4 Å². The topological polar surface area (TPSA) is 84.5 Å². The Morgan fingerprint density at radius 3 is 2.15 bits per heavy atom. The molecule has 0 aromatic heterocycles. The summed E-state index contributed by atoms with van der Waals surface area (Å²) in [6, 6.07) is 16.0. The van der Waals surface area contributed by atoms with Crippen molar-refractivity contribution in [3.8, 4) is 0 Å². The van der Waals surface area contributed by atoms with Gasteiger partial charge in [-0.15, -0.1) is 0 Å². The summed E-state index contributed by atoms with van der Waals surface area (Å²) in [5.74, 6) is -1.09. The monoisotopic (exact) mass is 368 g/mol. The summed E-state index contributed by atoms with van der Waals surface area (Å²) in [5.41, 5.74) is 2.24. The van der Waals surface area contributed by atoms with Gasteiger partial charge in [0.2, 0.25) is 0 Å². The van der Waals surface area contributed by atoms with E-state index in [1.165, 1.54) is 12.5 Å². The van der Waals surface area contributed by atoms with Crippen LogP contribution in [0.3, 0.4) is 0 Å². The Labute approximate surface area is 158 Å². The van der Waals surface area contributed by atoms with Crippen molar-refractivity contribution in [3.05, 3.63) is 65.7 Å². The third kappa shape index (κ3) is 6.26. The predicted octanol–water partition coefficient (Wildman–Crippen LogP) is 3.11. The number of benzene rings is 2. The van der Waals surface area contributed by atoms with Crippen LogP contribution in [-0.4, -0.2) is 30.4 Å². The second-order valence-electron chi connectivity index (χ2n) is 6.45. The highest BCUT2D eigenvalue weighted by molar-refractivity contribution is 5.97. The number of hydrogen-bond donors (Lipinski definition) is 2. The number of ether oxygens (including phenoxy) is 1. The summed E-state index contributed by atoms with van der Waals surface area (Å²) in [7, 11) is 0. The first-order valence-electron chi connectivity index (χ1n) is 8.80. The van der Waals surface area contributed by atoms with Crippen molar-refractivity contribution >= 4 is 23.5 Å². The van der Waals surface area contributed by atoms with E-state index in [1.807, 2.05) is 24.3 Å². The van der Waals surface area contributed by atoms with Gasteiger partial charge in [0.15, 0.2) is 6.10 Å². The molecule has 1 atom stereocenters. The number of esters is 1. The molecule has 0 saturated heterocycles. The van der Waals surface area contributed by atoms with Gasteiger partial charge in [0.1, 0.15) is 6.54 Å². The minimum Gasteiger partial charge on any atom is -0.451 e. The summed E-state index contributed by atoms with van der Waals surface area (Å²) in [5, 5.41) is 5.16. The van der Waals surface area contributed by atoms with Gasteiger partial charge in [-0.05, 0) is 42.7 Å².